The van der Waals surface area contributed by atoms with Crippen LogP contribution in [-0.2, 0) is 18.9 Å². The average Bonchev–Trinajstić information content (AvgIpc) is 2.86. The third-order valence-corrected chi connectivity index (χ3v) is 7.18. The number of rotatable bonds is 14. The highest BCUT2D eigenvalue weighted by molar-refractivity contribution is 7.21. The lowest BCUT2D eigenvalue weighted by molar-refractivity contribution is 0.170. The van der Waals surface area contributed by atoms with Crippen LogP contribution >= 0.6 is 11.3 Å². The van der Waals surface area contributed by atoms with Crippen LogP contribution in [0.5, 0.6) is 0 Å². The topological polar surface area (TPSA) is 56.1 Å². The molecule has 0 radical (unpaired) electrons. The fourth-order valence-corrected chi connectivity index (χ4v) is 5.17. The van der Waals surface area contributed by atoms with Gasteiger partial charge in [-0.15, -0.1) is 11.3 Å². The van der Waals surface area contributed by atoms with Crippen LogP contribution in [0.15, 0.2) is 30.3 Å². The summed E-state index contributed by atoms with van der Waals surface area (Å²) >= 11 is 1.80. The van der Waals surface area contributed by atoms with Crippen molar-refractivity contribution < 1.29 is 18.9 Å². The van der Waals surface area contributed by atoms with Crippen molar-refractivity contribution in [2.24, 2.45) is 0 Å². The highest BCUT2D eigenvalue weighted by Gasteiger charge is 2.17. The van der Waals surface area contributed by atoms with Gasteiger partial charge in [0.1, 0.15) is 13.2 Å². The Balaban J connectivity index is 2.16. The van der Waals surface area contributed by atoms with E-state index in [0.717, 1.165) is 42.7 Å². The van der Waals surface area contributed by atoms with Crippen LogP contribution in [0.2, 0.25) is 0 Å². The maximum Gasteiger partial charge on any atom is 0.201 e. The summed E-state index contributed by atoms with van der Waals surface area (Å²) < 4.78 is 24.9. The van der Waals surface area contributed by atoms with Crippen molar-refractivity contribution in [1.29, 1.82) is 0 Å². The maximum atomic E-state index is 5.37. The summed E-state index contributed by atoms with van der Waals surface area (Å²) in [6.07, 6.45) is 0. The van der Waals surface area contributed by atoms with Crippen LogP contribution in [0, 0.1) is 0 Å². The number of fused-ring (bicyclic) bond motifs is 2. The van der Waals surface area contributed by atoms with E-state index in [2.05, 4.69) is 53.7 Å². The quantitative estimate of drug-likeness (QED) is 0.248. The lowest BCUT2D eigenvalue weighted by Gasteiger charge is -2.26. The molecule has 3 rings (SSSR count). The van der Waals surface area contributed by atoms with E-state index in [1.165, 1.54) is 20.8 Å². The number of nitrogens with zero attached hydrogens (tertiary/aromatic N) is 3. The third-order valence-electron chi connectivity index (χ3n) is 6.10. The number of hydrogen-bond acceptors (Lipinski definition) is 7. The molecule has 8 heteroatoms. The van der Waals surface area contributed by atoms with E-state index >= 15 is 0 Å². The Morgan fingerprint density at radius 3 is 2.06 bits per heavy atom. The van der Waals surface area contributed by atoms with Gasteiger partial charge in [-0.3, -0.25) is 0 Å². The molecule has 0 atom stereocenters. The Kier molecular flexibility index (Phi) is 10.9. The second-order valence-electron chi connectivity index (χ2n) is 8.85. The lowest BCUT2D eigenvalue weighted by atomic mass is 10.0. The van der Waals surface area contributed by atoms with Crippen LogP contribution in [0.3, 0.4) is 0 Å². The van der Waals surface area contributed by atoms with Gasteiger partial charge in [0.05, 0.1) is 34.0 Å². The fraction of sp³-hybridized carbons (Fsp3) is 0.556. The molecule has 0 N–H and O–H groups in total. The summed E-state index contributed by atoms with van der Waals surface area (Å²) in [5, 5.41) is 1.16. The molecule has 1 aromatic carbocycles. The van der Waals surface area contributed by atoms with Crippen LogP contribution in [0.4, 0.5) is 5.69 Å². The second-order valence-corrected chi connectivity index (χ2v) is 9.93. The molecule has 35 heavy (non-hydrogen) atoms. The van der Waals surface area contributed by atoms with Gasteiger partial charge in [-0.25, -0.2) is 9.56 Å². The van der Waals surface area contributed by atoms with Crippen LogP contribution in [-0.4, -0.2) is 86.0 Å². The van der Waals surface area contributed by atoms with Crippen molar-refractivity contribution in [2.45, 2.75) is 19.8 Å². The van der Waals surface area contributed by atoms with Crippen LogP contribution < -0.4 is 14.8 Å². The molecule has 1 aliphatic heterocycles. The van der Waals surface area contributed by atoms with Gasteiger partial charge in [0.15, 0.2) is 13.1 Å². The van der Waals surface area contributed by atoms with Crippen molar-refractivity contribution in [3.05, 3.63) is 41.3 Å². The number of benzene rings is 2. The van der Waals surface area contributed by atoms with Crippen molar-refractivity contribution in [3.63, 3.8) is 0 Å². The van der Waals surface area contributed by atoms with Gasteiger partial charge in [0, 0.05) is 59.3 Å². The normalized spacial score (nSPS) is 11.6. The molecule has 1 heterocycles. The molecule has 0 unspecified atom stereocenters. The molecule has 0 aromatic heterocycles. The summed E-state index contributed by atoms with van der Waals surface area (Å²) in [7, 11) is 6.96. The molecular formula is C27H40N3O4S+. The molecule has 0 bridgehead atoms. The SMILES string of the molecule is COCCN(CCOC)c1cc(C(C)C)c2nc3ccc(=[N+](CCOC)CCOC)cc-3sc2c1. The minimum Gasteiger partial charge on any atom is -0.383 e. The molecular weight excluding hydrogens is 462 g/mol. The Labute approximate surface area is 213 Å². The third kappa shape index (κ3) is 7.21. The summed E-state index contributed by atoms with van der Waals surface area (Å²) in [6.45, 7) is 10.4. The van der Waals surface area contributed by atoms with E-state index in [9.17, 15) is 0 Å². The van der Waals surface area contributed by atoms with Gasteiger partial charge in [0.2, 0.25) is 5.36 Å². The number of aromatic nitrogens is 1. The molecule has 1 aliphatic carbocycles. The summed E-state index contributed by atoms with van der Waals surface area (Å²) in [6, 6.07) is 11.1. The van der Waals surface area contributed by atoms with Gasteiger partial charge in [-0.1, -0.05) is 13.8 Å². The smallest absolute Gasteiger partial charge is 0.201 e. The van der Waals surface area contributed by atoms with E-state index in [-0.39, 0.29) is 0 Å². The van der Waals surface area contributed by atoms with E-state index in [4.69, 9.17) is 23.9 Å². The molecule has 0 saturated heterocycles. The Morgan fingerprint density at radius 2 is 1.49 bits per heavy atom. The molecule has 0 saturated carbocycles. The highest BCUT2D eigenvalue weighted by atomic mass is 32.1. The van der Waals surface area contributed by atoms with Gasteiger partial charge >= 0.3 is 0 Å². The molecule has 0 spiro atoms. The van der Waals surface area contributed by atoms with Crippen molar-refractivity contribution >= 4 is 27.2 Å². The molecule has 0 amide bonds. The number of ether oxygens (including phenoxy) is 4. The van der Waals surface area contributed by atoms with E-state index in [1.807, 2.05) is 0 Å². The zero-order valence-electron chi connectivity index (χ0n) is 22.0. The predicted octanol–water partition coefficient (Wildman–Crippen LogP) is 3.69. The van der Waals surface area contributed by atoms with Gasteiger partial charge in [0.25, 0.3) is 0 Å². The first kappa shape index (κ1) is 27.5. The molecule has 192 valence electrons. The van der Waals surface area contributed by atoms with Crippen molar-refractivity contribution in [2.75, 3.05) is 85.9 Å². The average molecular weight is 503 g/mol. The Morgan fingerprint density at radius 1 is 0.857 bits per heavy atom. The summed E-state index contributed by atoms with van der Waals surface area (Å²) in [5.41, 5.74) is 4.56. The highest BCUT2D eigenvalue weighted by Crippen LogP contribution is 2.36. The van der Waals surface area contributed by atoms with Gasteiger partial charge in [-0.05, 0) is 29.7 Å². The number of anilines is 1. The monoisotopic (exact) mass is 502 g/mol. The summed E-state index contributed by atoms with van der Waals surface area (Å²) in [5.74, 6) is 0.360. The van der Waals surface area contributed by atoms with Gasteiger partial charge in [-0.2, -0.15) is 0 Å². The Bertz CT molecular complexity index is 1100. The predicted molar refractivity (Wildman–Crippen MR) is 145 cm³/mol. The first-order valence-corrected chi connectivity index (χ1v) is 13.0. The largest absolute Gasteiger partial charge is 0.383 e. The standard InChI is InChI=1S/C27H40N3O4S/c1-20(2)23-17-22(30(11-15-33-5)12-16-34-6)19-26-27(23)28-24-8-7-21(18-25(24)35-26)29(9-13-31-3)10-14-32-4/h7-8,17-20H,9-16H2,1-6H3/q+1. The number of hydrogen-bond donors (Lipinski definition) is 0. The number of methoxy groups -OCH3 is 4. The zero-order chi connectivity index (χ0) is 25.2. The molecule has 0 fully saturated rings. The zero-order valence-corrected chi connectivity index (χ0v) is 22.8. The first-order valence-electron chi connectivity index (χ1n) is 12.2. The second kappa shape index (κ2) is 13.8. The van der Waals surface area contributed by atoms with E-state index in [0.29, 0.717) is 32.3 Å². The fourth-order valence-electron chi connectivity index (χ4n) is 4.09. The Hall–Kier alpha value is -2.10. The maximum absolute atomic E-state index is 5.37. The van der Waals surface area contributed by atoms with Crippen LogP contribution in [0.25, 0.3) is 20.8 Å². The van der Waals surface area contributed by atoms with Gasteiger partial charge < -0.3 is 23.8 Å². The van der Waals surface area contributed by atoms with E-state index in [1.54, 1.807) is 39.8 Å². The minimum atomic E-state index is 0.360. The van der Waals surface area contributed by atoms with E-state index < -0.39 is 0 Å². The van der Waals surface area contributed by atoms with Crippen molar-refractivity contribution in [3.8, 4) is 10.6 Å². The van der Waals surface area contributed by atoms with Crippen LogP contribution in [0.1, 0.15) is 25.3 Å². The molecule has 2 aliphatic rings. The first-order chi connectivity index (χ1) is 17.0. The summed E-state index contributed by atoms with van der Waals surface area (Å²) in [4.78, 5) is 8.63. The minimum absolute atomic E-state index is 0.360. The molecule has 7 nitrogen and oxygen atoms in total. The molecule has 1 aromatic rings. The van der Waals surface area contributed by atoms with Crippen molar-refractivity contribution in [1.82, 2.24) is 9.56 Å². The lowest BCUT2D eigenvalue weighted by Crippen LogP contribution is -2.35.